The fourth-order valence-corrected chi connectivity index (χ4v) is 2.99. The van der Waals surface area contributed by atoms with Gasteiger partial charge in [-0.05, 0) is 19.1 Å². The van der Waals surface area contributed by atoms with Crippen LogP contribution in [-0.2, 0) is 21.3 Å². The predicted octanol–water partition coefficient (Wildman–Crippen LogP) is 1.05. The van der Waals surface area contributed by atoms with Gasteiger partial charge >= 0.3 is 5.97 Å². The second kappa shape index (κ2) is 7.34. The highest BCUT2D eigenvalue weighted by molar-refractivity contribution is 7.89. The van der Waals surface area contributed by atoms with Crippen molar-refractivity contribution >= 4 is 16.0 Å². The molecule has 0 unspecified atom stereocenters. The lowest BCUT2D eigenvalue weighted by molar-refractivity contribution is -0.694. The summed E-state index contributed by atoms with van der Waals surface area (Å²) < 4.78 is 33.2. The fraction of sp³-hybridized carbons (Fsp3) is 0.250. The van der Waals surface area contributed by atoms with Crippen molar-refractivity contribution in [2.45, 2.75) is 18.4 Å². The highest BCUT2D eigenvalue weighted by Crippen LogP contribution is 2.09. The first kappa shape index (κ1) is 17.1. The van der Waals surface area contributed by atoms with E-state index in [4.69, 9.17) is 0 Å². The Bertz CT molecular complexity index is 769. The van der Waals surface area contributed by atoms with Gasteiger partial charge in [-0.1, -0.05) is 17.7 Å². The maximum absolute atomic E-state index is 12.1. The summed E-state index contributed by atoms with van der Waals surface area (Å²) in [5.74, 6) is -0.405. The topological polar surface area (TPSA) is 76.3 Å². The maximum atomic E-state index is 12.1. The van der Waals surface area contributed by atoms with Crippen molar-refractivity contribution in [3.8, 4) is 0 Å². The molecule has 1 heterocycles. The van der Waals surface area contributed by atoms with Crippen molar-refractivity contribution in [2.24, 2.45) is 0 Å². The lowest BCUT2D eigenvalue weighted by Gasteiger charge is -2.05. The molecule has 0 aliphatic heterocycles. The number of pyridine rings is 1. The number of hydrogen-bond donors (Lipinski definition) is 1. The van der Waals surface area contributed by atoms with Crippen LogP contribution in [0.1, 0.15) is 15.9 Å². The van der Waals surface area contributed by atoms with Crippen LogP contribution in [0.2, 0.25) is 0 Å². The van der Waals surface area contributed by atoms with Crippen LogP contribution in [0, 0.1) is 6.92 Å². The molecule has 0 spiro atoms. The van der Waals surface area contributed by atoms with Crippen LogP contribution in [0.15, 0.2) is 53.7 Å². The first-order valence-electron chi connectivity index (χ1n) is 7.06. The van der Waals surface area contributed by atoms with E-state index in [1.54, 1.807) is 53.4 Å². The third kappa shape index (κ3) is 4.61. The number of rotatable bonds is 6. The van der Waals surface area contributed by atoms with Gasteiger partial charge in [-0.15, -0.1) is 0 Å². The van der Waals surface area contributed by atoms with Gasteiger partial charge in [-0.2, -0.15) is 0 Å². The first-order chi connectivity index (χ1) is 10.9. The van der Waals surface area contributed by atoms with Gasteiger partial charge in [0.25, 0.3) is 0 Å². The molecule has 7 heteroatoms. The molecule has 0 atom stereocenters. The Hall–Kier alpha value is -2.25. The molecule has 0 fully saturated rings. The number of aromatic nitrogens is 1. The summed E-state index contributed by atoms with van der Waals surface area (Å²) in [6, 6.07) is 9.93. The zero-order chi connectivity index (χ0) is 16.9. The third-order valence-corrected chi connectivity index (χ3v) is 4.78. The van der Waals surface area contributed by atoms with E-state index >= 15 is 0 Å². The number of ether oxygens (including phenoxy) is 1. The van der Waals surface area contributed by atoms with Gasteiger partial charge in [0.2, 0.25) is 10.0 Å². The number of esters is 1. The normalized spacial score (nSPS) is 11.2. The molecular formula is C16H19N2O4S+. The number of nitrogens with one attached hydrogen (secondary N) is 1. The van der Waals surface area contributed by atoms with Crippen molar-refractivity contribution in [3.05, 3.63) is 59.9 Å². The van der Waals surface area contributed by atoms with Gasteiger partial charge in [0.15, 0.2) is 18.9 Å². The van der Waals surface area contributed by atoms with E-state index in [1.807, 2.05) is 6.92 Å². The molecule has 0 aliphatic rings. The van der Waals surface area contributed by atoms with Gasteiger partial charge in [-0.3, -0.25) is 0 Å². The van der Waals surface area contributed by atoms with Crippen LogP contribution < -0.4 is 9.29 Å². The molecule has 2 aromatic rings. The van der Waals surface area contributed by atoms with Crippen molar-refractivity contribution in [2.75, 3.05) is 13.7 Å². The van der Waals surface area contributed by atoms with Crippen LogP contribution >= 0.6 is 0 Å². The number of benzene rings is 1. The number of carbonyl (C=O) groups is 1. The summed E-state index contributed by atoms with van der Waals surface area (Å²) in [7, 11) is -2.19. The van der Waals surface area contributed by atoms with Crippen LogP contribution in [0.25, 0.3) is 0 Å². The van der Waals surface area contributed by atoms with Crippen molar-refractivity contribution in [1.82, 2.24) is 4.72 Å². The van der Waals surface area contributed by atoms with Crippen molar-refractivity contribution in [1.29, 1.82) is 0 Å². The highest BCUT2D eigenvalue weighted by Gasteiger charge is 2.14. The average Bonchev–Trinajstić information content (AvgIpc) is 2.55. The number of aryl methyl sites for hydroxylation is 1. The molecule has 0 radical (unpaired) electrons. The summed E-state index contributed by atoms with van der Waals surface area (Å²) in [6.07, 6.45) is 3.40. The van der Waals surface area contributed by atoms with Gasteiger partial charge in [0, 0.05) is 12.1 Å². The Morgan fingerprint density at radius 2 is 1.74 bits per heavy atom. The van der Waals surface area contributed by atoms with E-state index in [0.717, 1.165) is 5.56 Å². The van der Waals surface area contributed by atoms with E-state index in [0.29, 0.717) is 12.1 Å². The van der Waals surface area contributed by atoms with Crippen molar-refractivity contribution in [3.63, 3.8) is 0 Å². The molecule has 0 amide bonds. The number of sulfonamides is 1. The second-order valence-electron chi connectivity index (χ2n) is 5.03. The van der Waals surface area contributed by atoms with Crippen LogP contribution in [0.4, 0.5) is 0 Å². The minimum atomic E-state index is -3.51. The van der Waals surface area contributed by atoms with Crippen LogP contribution in [-0.4, -0.2) is 28.0 Å². The number of hydrogen-bond acceptors (Lipinski definition) is 4. The molecular weight excluding hydrogens is 316 g/mol. The van der Waals surface area contributed by atoms with E-state index in [2.05, 4.69) is 9.46 Å². The summed E-state index contributed by atoms with van der Waals surface area (Å²) in [5.41, 5.74) is 1.45. The summed E-state index contributed by atoms with van der Waals surface area (Å²) >= 11 is 0. The third-order valence-electron chi connectivity index (χ3n) is 3.31. The molecule has 1 N–H and O–H groups in total. The van der Waals surface area contributed by atoms with E-state index < -0.39 is 16.0 Å². The highest BCUT2D eigenvalue weighted by atomic mass is 32.2. The zero-order valence-corrected chi connectivity index (χ0v) is 13.8. The second-order valence-corrected chi connectivity index (χ2v) is 6.79. The fourth-order valence-electron chi connectivity index (χ4n) is 1.97. The largest absolute Gasteiger partial charge is 0.465 e. The minimum absolute atomic E-state index is 0.245. The Morgan fingerprint density at radius 1 is 1.13 bits per heavy atom. The van der Waals surface area contributed by atoms with Crippen molar-refractivity contribution < 1.29 is 22.5 Å². The first-order valence-corrected chi connectivity index (χ1v) is 8.54. The molecule has 1 aromatic carbocycles. The standard InChI is InChI=1S/C16H19N2O4S/c1-13-3-5-15(6-4-13)23(20,21)17-9-12-18-10-7-14(8-11-18)16(19)22-2/h3-8,10-11,17H,9,12H2,1-2H3/q+1. The predicted molar refractivity (Wildman–Crippen MR) is 84.3 cm³/mol. The quantitative estimate of drug-likeness (QED) is 0.632. The van der Waals surface area contributed by atoms with E-state index in [-0.39, 0.29) is 11.4 Å². The average molecular weight is 335 g/mol. The number of nitrogens with zero attached hydrogens (tertiary/aromatic N) is 1. The zero-order valence-electron chi connectivity index (χ0n) is 13.0. The molecule has 23 heavy (non-hydrogen) atoms. The van der Waals surface area contributed by atoms with E-state index in [1.165, 1.54) is 7.11 Å². The molecule has 0 saturated heterocycles. The molecule has 122 valence electrons. The molecule has 0 aliphatic carbocycles. The Morgan fingerprint density at radius 3 is 2.30 bits per heavy atom. The molecule has 1 aromatic heterocycles. The molecule has 0 saturated carbocycles. The molecule has 0 bridgehead atoms. The van der Waals surface area contributed by atoms with Gasteiger partial charge in [0.05, 0.1) is 24.1 Å². The summed E-state index contributed by atoms with van der Waals surface area (Å²) in [4.78, 5) is 11.6. The lowest BCUT2D eigenvalue weighted by atomic mass is 10.2. The Kier molecular flexibility index (Phi) is 5.46. The Balaban J connectivity index is 1.94. The van der Waals surface area contributed by atoms with Crippen LogP contribution in [0.5, 0.6) is 0 Å². The van der Waals surface area contributed by atoms with Gasteiger partial charge in [-0.25, -0.2) is 22.5 Å². The van der Waals surface area contributed by atoms with Gasteiger partial charge < -0.3 is 4.74 Å². The lowest BCUT2D eigenvalue weighted by Crippen LogP contribution is -2.40. The van der Waals surface area contributed by atoms with Crippen LogP contribution in [0.3, 0.4) is 0 Å². The molecule has 6 nitrogen and oxygen atoms in total. The number of methoxy groups -OCH3 is 1. The van der Waals surface area contributed by atoms with Gasteiger partial charge in [0.1, 0.15) is 0 Å². The Labute approximate surface area is 135 Å². The SMILES string of the molecule is COC(=O)c1cc[n+](CCNS(=O)(=O)c2ccc(C)cc2)cc1. The monoisotopic (exact) mass is 335 g/mol. The maximum Gasteiger partial charge on any atom is 0.338 e. The van der Waals surface area contributed by atoms with E-state index in [9.17, 15) is 13.2 Å². The summed E-state index contributed by atoms with van der Waals surface area (Å²) in [6.45, 7) is 2.60. The molecule has 2 rings (SSSR count). The summed E-state index contributed by atoms with van der Waals surface area (Å²) in [5, 5.41) is 0. The number of carbonyl (C=O) groups excluding carboxylic acids is 1. The smallest absolute Gasteiger partial charge is 0.338 e. The minimum Gasteiger partial charge on any atom is -0.465 e.